The normalized spacial score (nSPS) is 14.2. The average molecular weight is 302 g/mol. The topological polar surface area (TPSA) is 49.4 Å². The van der Waals surface area contributed by atoms with Crippen LogP contribution in [-0.4, -0.2) is 18.4 Å². The molecule has 0 bridgehead atoms. The van der Waals surface area contributed by atoms with Crippen LogP contribution in [0.2, 0.25) is 0 Å². The summed E-state index contributed by atoms with van der Waals surface area (Å²) in [4.78, 5) is 25.9. The summed E-state index contributed by atoms with van der Waals surface area (Å²) in [6.45, 7) is 6.97. The van der Waals surface area contributed by atoms with Gasteiger partial charge < -0.3 is 10.2 Å². The highest BCUT2D eigenvalue weighted by molar-refractivity contribution is 5.97. The lowest BCUT2D eigenvalue weighted by atomic mass is 10.00. The fourth-order valence-corrected chi connectivity index (χ4v) is 2.78. The number of nitrogens with one attached hydrogen (secondary N) is 1. The Morgan fingerprint density at radius 1 is 1.32 bits per heavy atom. The quantitative estimate of drug-likeness (QED) is 0.870. The molecule has 1 aliphatic heterocycles. The van der Waals surface area contributed by atoms with Crippen molar-refractivity contribution in [1.29, 1.82) is 0 Å². The summed E-state index contributed by atoms with van der Waals surface area (Å²) in [5.41, 5.74) is 2.98. The van der Waals surface area contributed by atoms with Crippen molar-refractivity contribution in [2.24, 2.45) is 5.92 Å². The maximum absolute atomic E-state index is 12.1. The molecule has 2 amide bonds. The number of carbonyl (C=O) groups excluding carboxylic acids is 2. The first-order valence-corrected chi connectivity index (χ1v) is 8.24. The van der Waals surface area contributed by atoms with Crippen molar-refractivity contribution in [2.75, 3.05) is 16.8 Å². The minimum absolute atomic E-state index is 0.0460. The smallest absolute Gasteiger partial charge is 0.227 e. The molecule has 120 valence electrons. The summed E-state index contributed by atoms with van der Waals surface area (Å²) in [6.07, 6.45) is 3.92. The minimum Gasteiger partial charge on any atom is -0.326 e. The van der Waals surface area contributed by atoms with Crippen LogP contribution in [0.3, 0.4) is 0 Å². The van der Waals surface area contributed by atoms with Crippen LogP contribution in [0.1, 0.15) is 52.0 Å². The molecular weight excluding hydrogens is 276 g/mol. The third-order valence-electron chi connectivity index (χ3n) is 3.89. The molecule has 2 rings (SSSR count). The van der Waals surface area contributed by atoms with Crippen LogP contribution in [0.25, 0.3) is 0 Å². The lowest BCUT2D eigenvalue weighted by molar-refractivity contribution is -0.119. The standard InChI is InChI=1S/C18H26N2O2/c1-4-5-10-20-16-8-7-15(19-17(21)11-13(2)3)12-14(16)6-9-18(20)22/h7-8,12-13H,4-6,9-11H2,1-3H3,(H,19,21). The largest absolute Gasteiger partial charge is 0.326 e. The molecule has 0 radical (unpaired) electrons. The number of hydrogen-bond acceptors (Lipinski definition) is 2. The fourth-order valence-electron chi connectivity index (χ4n) is 2.78. The van der Waals surface area contributed by atoms with Crippen molar-refractivity contribution >= 4 is 23.2 Å². The molecule has 1 aliphatic rings. The predicted molar refractivity (Wildman–Crippen MR) is 90.1 cm³/mol. The van der Waals surface area contributed by atoms with E-state index in [4.69, 9.17) is 0 Å². The van der Waals surface area contributed by atoms with Crippen LogP contribution in [-0.2, 0) is 16.0 Å². The van der Waals surface area contributed by atoms with E-state index in [0.29, 0.717) is 18.8 Å². The van der Waals surface area contributed by atoms with Crippen molar-refractivity contribution in [3.05, 3.63) is 23.8 Å². The van der Waals surface area contributed by atoms with E-state index in [0.717, 1.165) is 42.7 Å². The maximum atomic E-state index is 12.1. The average Bonchev–Trinajstić information content (AvgIpc) is 2.45. The van der Waals surface area contributed by atoms with Gasteiger partial charge in [-0.05, 0) is 42.5 Å². The van der Waals surface area contributed by atoms with Gasteiger partial charge in [0.2, 0.25) is 11.8 Å². The minimum atomic E-state index is 0.0460. The second-order valence-corrected chi connectivity index (χ2v) is 6.39. The van der Waals surface area contributed by atoms with Gasteiger partial charge in [0.25, 0.3) is 0 Å². The summed E-state index contributed by atoms with van der Waals surface area (Å²) < 4.78 is 0. The van der Waals surface area contributed by atoms with Crippen LogP contribution in [0, 0.1) is 5.92 Å². The predicted octanol–water partition coefficient (Wildman–Crippen LogP) is 3.75. The molecule has 4 nitrogen and oxygen atoms in total. The number of rotatable bonds is 6. The zero-order valence-electron chi connectivity index (χ0n) is 13.8. The van der Waals surface area contributed by atoms with Gasteiger partial charge in [-0.3, -0.25) is 9.59 Å². The molecule has 0 aliphatic carbocycles. The Bertz CT molecular complexity index is 552. The number of aryl methyl sites for hydroxylation is 1. The van der Waals surface area contributed by atoms with Crippen LogP contribution < -0.4 is 10.2 Å². The third kappa shape index (κ3) is 4.09. The second kappa shape index (κ2) is 7.43. The molecule has 0 saturated carbocycles. The van der Waals surface area contributed by atoms with Crippen molar-refractivity contribution in [3.63, 3.8) is 0 Å². The van der Waals surface area contributed by atoms with E-state index in [1.54, 1.807) is 0 Å². The number of nitrogens with zero attached hydrogens (tertiary/aromatic N) is 1. The number of fused-ring (bicyclic) bond motifs is 1. The highest BCUT2D eigenvalue weighted by atomic mass is 16.2. The molecule has 0 aromatic heterocycles. The van der Waals surface area contributed by atoms with Crippen molar-refractivity contribution < 1.29 is 9.59 Å². The molecule has 1 aromatic rings. The van der Waals surface area contributed by atoms with Crippen molar-refractivity contribution in [3.8, 4) is 0 Å². The number of anilines is 2. The summed E-state index contributed by atoms with van der Waals surface area (Å²) >= 11 is 0. The second-order valence-electron chi connectivity index (χ2n) is 6.39. The number of carbonyl (C=O) groups is 2. The highest BCUT2D eigenvalue weighted by Crippen LogP contribution is 2.30. The lowest BCUT2D eigenvalue weighted by Crippen LogP contribution is -2.35. The van der Waals surface area contributed by atoms with E-state index in [-0.39, 0.29) is 11.8 Å². The van der Waals surface area contributed by atoms with Gasteiger partial charge in [-0.15, -0.1) is 0 Å². The fraction of sp³-hybridized carbons (Fsp3) is 0.556. The van der Waals surface area contributed by atoms with E-state index < -0.39 is 0 Å². The molecule has 0 atom stereocenters. The highest BCUT2D eigenvalue weighted by Gasteiger charge is 2.23. The molecule has 1 heterocycles. The van der Waals surface area contributed by atoms with Crippen molar-refractivity contribution in [1.82, 2.24) is 0 Å². The van der Waals surface area contributed by atoms with Gasteiger partial charge in [-0.2, -0.15) is 0 Å². The number of unbranched alkanes of at least 4 members (excludes halogenated alkanes) is 1. The Kier molecular flexibility index (Phi) is 5.58. The van der Waals surface area contributed by atoms with Gasteiger partial charge in [0.15, 0.2) is 0 Å². The summed E-state index contributed by atoms with van der Waals surface area (Å²) in [6, 6.07) is 5.88. The Morgan fingerprint density at radius 3 is 2.77 bits per heavy atom. The van der Waals surface area contributed by atoms with E-state index in [1.807, 2.05) is 36.9 Å². The molecule has 4 heteroatoms. The molecule has 0 fully saturated rings. The molecule has 0 unspecified atom stereocenters. The molecule has 1 N–H and O–H groups in total. The van der Waals surface area contributed by atoms with Crippen LogP contribution in [0.4, 0.5) is 11.4 Å². The Labute approximate surface area is 132 Å². The first-order chi connectivity index (χ1) is 10.5. The van der Waals surface area contributed by atoms with Gasteiger partial charge in [-0.1, -0.05) is 27.2 Å². The van der Waals surface area contributed by atoms with Gasteiger partial charge >= 0.3 is 0 Å². The van der Waals surface area contributed by atoms with E-state index in [1.165, 1.54) is 0 Å². The van der Waals surface area contributed by atoms with Crippen LogP contribution in [0.5, 0.6) is 0 Å². The van der Waals surface area contributed by atoms with Gasteiger partial charge in [0.1, 0.15) is 0 Å². The lowest BCUT2D eigenvalue weighted by Gasteiger charge is -2.29. The molecule has 22 heavy (non-hydrogen) atoms. The Balaban J connectivity index is 2.13. The number of hydrogen-bond donors (Lipinski definition) is 1. The van der Waals surface area contributed by atoms with Crippen LogP contribution >= 0.6 is 0 Å². The summed E-state index contributed by atoms with van der Waals surface area (Å²) in [5.74, 6) is 0.599. The summed E-state index contributed by atoms with van der Waals surface area (Å²) in [7, 11) is 0. The monoisotopic (exact) mass is 302 g/mol. The van der Waals surface area contributed by atoms with Crippen molar-refractivity contribution in [2.45, 2.75) is 52.9 Å². The first-order valence-electron chi connectivity index (χ1n) is 8.24. The zero-order chi connectivity index (χ0) is 16.1. The molecule has 1 aromatic carbocycles. The Morgan fingerprint density at radius 2 is 2.09 bits per heavy atom. The summed E-state index contributed by atoms with van der Waals surface area (Å²) in [5, 5.41) is 2.95. The molecule has 0 spiro atoms. The Hall–Kier alpha value is -1.84. The van der Waals surface area contributed by atoms with E-state index in [2.05, 4.69) is 12.2 Å². The van der Waals surface area contributed by atoms with E-state index in [9.17, 15) is 9.59 Å². The first kappa shape index (κ1) is 16.5. The SMILES string of the molecule is CCCCN1C(=O)CCc2cc(NC(=O)CC(C)C)ccc21. The van der Waals surface area contributed by atoms with Gasteiger partial charge in [0, 0.05) is 30.8 Å². The third-order valence-corrected chi connectivity index (χ3v) is 3.89. The van der Waals surface area contributed by atoms with E-state index >= 15 is 0 Å². The molecular formula is C18H26N2O2. The number of amides is 2. The maximum Gasteiger partial charge on any atom is 0.227 e. The van der Waals surface area contributed by atoms with Crippen LogP contribution in [0.15, 0.2) is 18.2 Å². The molecule has 0 saturated heterocycles. The zero-order valence-corrected chi connectivity index (χ0v) is 13.8. The van der Waals surface area contributed by atoms with Gasteiger partial charge in [0.05, 0.1) is 0 Å². The van der Waals surface area contributed by atoms with Gasteiger partial charge in [-0.25, -0.2) is 0 Å². The number of benzene rings is 1.